The number of hydrogen-bond acceptors (Lipinski definition) is 2. The van der Waals surface area contributed by atoms with Gasteiger partial charge in [0.2, 0.25) is 0 Å². The molecule has 2 aromatic carbocycles. The number of halogens is 1. The number of amides is 1. The average Bonchev–Trinajstić information content (AvgIpc) is 2.89. The molecule has 0 aliphatic rings. The lowest BCUT2D eigenvalue weighted by Crippen LogP contribution is -2.12. The van der Waals surface area contributed by atoms with Gasteiger partial charge in [0.05, 0.1) is 17.4 Å². The minimum Gasteiger partial charge on any atom is -0.319 e. The van der Waals surface area contributed by atoms with Gasteiger partial charge in [-0.25, -0.2) is 4.39 Å². The first-order chi connectivity index (χ1) is 9.63. The third-order valence-electron chi connectivity index (χ3n) is 3.08. The van der Waals surface area contributed by atoms with E-state index in [1.807, 2.05) is 0 Å². The van der Waals surface area contributed by atoms with E-state index in [0.29, 0.717) is 5.56 Å². The highest BCUT2D eigenvalue weighted by molar-refractivity contribution is 6.06. The number of anilines is 1. The molecule has 0 bridgehead atoms. The van der Waals surface area contributed by atoms with E-state index in [2.05, 4.69) is 15.5 Å². The molecule has 0 radical (unpaired) electrons. The van der Waals surface area contributed by atoms with Gasteiger partial charge in [0.1, 0.15) is 5.82 Å². The summed E-state index contributed by atoms with van der Waals surface area (Å²) in [6.07, 6.45) is 1.68. The van der Waals surface area contributed by atoms with Crippen LogP contribution in [-0.4, -0.2) is 16.1 Å². The Labute approximate surface area is 114 Å². The van der Waals surface area contributed by atoms with Crippen molar-refractivity contribution >= 4 is 22.5 Å². The van der Waals surface area contributed by atoms with Crippen molar-refractivity contribution in [2.45, 2.75) is 6.92 Å². The molecule has 0 fully saturated rings. The Morgan fingerprint density at radius 2 is 2.10 bits per heavy atom. The number of aromatic amines is 1. The minimum absolute atomic E-state index is 0.172. The van der Waals surface area contributed by atoms with Crippen molar-refractivity contribution in [3.8, 4) is 0 Å². The Morgan fingerprint density at radius 1 is 1.25 bits per heavy atom. The van der Waals surface area contributed by atoms with Gasteiger partial charge in [-0.3, -0.25) is 9.89 Å². The summed E-state index contributed by atoms with van der Waals surface area (Å²) >= 11 is 0. The van der Waals surface area contributed by atoms with E-state index in [0.717, 1.165) is 16.5 Å². The van der Waals surface area contributed by atoms with Crippen molar-refractivity contribution in [1.29, 1.82) is 0 Å². The SMILES string of the molecule is Cc1ccc(NC(=O)c2ccc3cn[nH]c3c2)c(F)c1. The number of rotatable bonds is 2. The van der Waals surface area contributed by atoms with Crippen molar-refractivity contribution < 1.29 is 9.18 Å². The molecule has 0 aliphatic carbocycles. The Balaban J connectivity index is 1.88. The number of nitrogens with zero attached hydrogens (tertiary/aromatic N) is 1. The standard InChI is InChI=1S/C15H12FN3O/c1-9-2-5-13(12(16)6-9)18-15(20)10-3-4-11-8-17-19-14(11)7-10/h2-8H,1H3,(H,17,19)(H,18,20). The molecule has 0 saturated carbocycles. The Kier molecular flexibility index (Phi) is 2.95. The van der Waals surface area contributed by atoms with Crippen molar-refractivity contribution in [3.05, 3.63) is 59.5 Å². The zero-order valence-corrected chi connectivity index (χ0v) is 10.8. The van der Waals surface area contributed by atoms with Crippen molar-refractivity contribution in [2.75, 3.05) is 5.32 Å². The highest BCUT2D eigenvalue weighted by Gasteiger charge is 2.10. The molecule has 0 saturated heterocycles. The van der Waals surface area contributed by atoms with E-state index in [4.69, 9.17) is 0 Å². The molecule has 100 valence electrons. The van der Waals surface area contributed by atoms with Gasteiger partial charge in [-0.2, -0.15) is 5.10 Å². The van der Waals surface area contributed by atoms with Gasteiger partial charge in [0.25, 0.3) is 5.91 Å². The number of hydrogen-bond donors (Lipinski definition) is 2. The summed E-state index contributed by atoms with van der Waals surface area (Å²) in [5, 5.41) is 10.2. The van der Waals surface area contributed by atoms with E-state index in [-0.39, 0.29) is 11.6 Å². The molecule has 20 heavy (non-hydrogen) atoms. The maximum atomic E-state index is 13.7. The Morgan fingerprint density at radius 3 is 2.90 bits per heavy atom. The maximum Gasteiger partial charge on any atom is 0.255 e. The van der Waals surface area contributed by atoms with Crippen LogP contribution in [0.25, 0.3) is 10.9 Å². The second-order valence-electron chi connectivity index (χ2n) is 4.61. The molecule has 0 spiro atoms. The topological polar surface area (TPSA) is 57.8 Å². The molecule has 3 rings (SSSR count). The molecule has 1 aromatic heterocycles. The fourth-order valence-electron chi connectivity index (χ4n) is 1.99. The van der Waals surface area contributed by atoms with Crippen molar-refractivity contribution in [2.24, 2.45) is 0 Å². The van der Waals surface area contributed by atoms with Crippen LogP contribution in [0.2, 0.25) is 0 Å². The van der Waals surface area contributed by atoms with Crippen LogP contribution in [0.15, 0.2) is 42.6 Å². The smallest absolute Gasteiger partial charge is 0.255 e. The second-order valence-corrected chi connectivity index (χ2v) is 4.61. The van der Waals surface area contributed by atoms with E-state index in [1.54, 1.807) is 43.5 Å². The van der Waals surface area contributed by atoms with Gasteiger partial charge in [0, 0.05) is 10.9 Å². The summed E-state index contributed by atoms with van der Waals surface area (Å²) in [6.45, 7) is 1.79. The Bertz CT molecular complexity index is 795. The third-order valence-corrected chi connectivity index (χ3v) is 3.08. The number of fused-ring (bicyclic) bond motifs is 1. The first kappa shape index (κ1) is 12.3. The van der Waals surface area contributed by atoms with Crippen LogP contribution in [0, 0.1) is 12.7 Å². The van der Waals surface area contributed by atoms with Crippen LogP contribution in [0.5, 0.6) is 0 Å². The highest BCUT2D eigenvalue weighted by atomic mass is 19.1. The number of aryl methyl sites for hydroxylation is 1. The molecule has 2 N–H and O–H groups in total. The number of carbonyl (C=O) groups is 1. The number of aromatic nitrogens is 2. The van der Waals surface area contributed by atoms with Gasteiger partial charge < -0.3 is 5.32 Å². The van der Waals surface area contributed by atoms with Crippen LogP contribution in [-0.2, 0) is 0 Å². The third kappa shape index (κ3) is 2.25. The summed E-state index contributed by atoms with van der Waals surface area (Å²) in [5.74, 6) is -0.801. The van der Waals surface area contributed by atoms with Crippen LogP contribution in [0.1, 0.15) is 15.9 Å². The maximum absolute atomic E-state index is 13.7. The molecule has 5 heteroatoms. The highest BCUT2D eigenvalue weighted by Crippen LogP contribution is 2.18. The molecule has 4 nitrogen and oxygen atoms in total. The lowest BCUT2D eigenvalue weighted by atomic mass is 10.1. The fraction of sp³-hybridized carbons (Fsp3) is 0.0667. The lowest BCUT2D eigenvalue weighted by molar-refractivity contribution is 0.102. The monoisotopic (exact) mass is 269 g/mol. The number of carbonyl (C=O) groups excluding carboxylic acids is 1. The van der Waals surface area contributed by atoms with Crippen LogP contribution >= 0.6 is 0 Å². The van der Waals surface area contributed by atoms with Crippen LogP contribution in [0.3, 0.4) is 0 Å². The number of H-pyrrole nitrogens is 1. The summed E-state index contributed by atoms with van der Waals surface area (Å²) in [7, 11) is 0. The van der Waals surface area contributed by atoms with Crippen molar-refractivity contribution in [3.63, 3.8) is 0 Å². The predicted molar refractivity (Wildman–Crippen MR) is 75.2 cm³/mol. The second kappa shape index (κ2) is 4.77. The lowest BCUT2D eigenvalue weighted by Gasteiger charge is -2.07. The first-order valence-electron chi connectivity index (χ1n) is 6.14. The molecular weight excluding hydrogens is 257 g/mol. The van der Waals surface area contributed by atoms with E-state index in [9.17, 15) is 9.18 Å². The fourth-order valence-corrected chi connectivity index (χ4v) is 1.99. The molecule has 3 aromatic rings. The molecule has 0 atom stereocenters. The molecule has 0 aliphatic heterocycles. The van der Waals surface area contributed by atoms with Gasteiger partial charge in [-0.15, -0.1) is 0 Å². The molecular formula is C15H12FN3O. The molecule has 1 heterocycles. The zero-order valence-electron chi connectivity index (χ0n) is 10.8. The largest absolute Gasteiger partial charge is 0.319 e. The first-order valence-corrected chi connectivity index (χ1v) is 6.14. The van der Waals surface area contributed by atoms with E-state index in [1.165, 1.54) is 6.07 Å². The quantitative estimate of drug-likeness (QED) is 0.750. The van der Waals surface area contributed by atoms with E-state index >= 15 is 0 Å². The van der Waals surface area contributed by atoms with Gasteiger partial charge >= 0.3 is 0 Å². The minimum atomic E-state index is -0.444. The van der Waals surface area contributed by atoms with Crippen molar-refractivity contribution in [1.82, 2.24) is 10.2 Å². The van der Waals surface area contributed by atoms with Gasteiger partial charge in [-0.1, -0.05) is 12.1 Å². The number of nitrogens with one attached hydrogen (secondary N) is 2. The van der Waals surface area contributed by atoms with E-state index < -0.39 is 5.82 Å². The number of benzene rings is 2. The summed E-state index contributed by atoms with van der Waals surface area (Å²) in [5.41, 5.74) is 2.19. The van der Waals surface area contributed by atoms with Gasteiger partial charge in [-0.05, 0) is 36.8 Å². The predicted octanol–water partition coefficient (Wildman–Crippen LogP) is 3.26. The molecule has 1 amide bonds. The zero-order chi connectivity index (χ0) is 14.1. The van der Waals surface area contributed by atoms with Crippen LogP contribution in [0.4, 0.5) is 10.1 Å². The summed E-state index contributed by atoms with van der Waals surface area (Å²) < 4.78 is 13.7. The summed E-state index contributed by atoms with van der Waals surface area (Å²) in [4.78, 5) is 12.1. The summed E-state index contributed by atoms with van der Waals surface area (Å²) in [6, 6.07) is 9.84. The Hall–Kier alpha value is -2.69. The molecule has 0 unspecified atom stereocenters. The van der Waals surface area contributed by atoms with Crippen LogP contribution < -0.4 is 5.32 Å². The average molecular weight is 269 g/mol. The normalized spacial score (nSPS) is 10.7. The van der Waals surface area contributed by atoms with Gasteiger partial charge in [0.15, 0.2) is 0 Å².